The lowest BCUT2D eigenvalue weighted by atomic mass is 9.98. The van der Waals surface area contributed by atoms with Crippen LogP contribution in [0.25, 0.3) is 22.0 Å². The van der Waals surface area contributed by atoms with E-state index < -0.39 is 5.91 Å². The number of primary amides is 1. The van der Waals surface area contributed by atoms with Gasteiger partial charge >= 0.3 is 0 Å². The lowest BCUT2D eigenvalue weighted by Crippen LogP contribution is -2.16. The third kappa shape index (κ3) is 2.20. The van der Waals surface area contributed by atoms with Crippen LogP contribution in [0.2, 0.25) is 0 Å². The van der Waals surface area contributed by atoms with Crippen LogP contribution in [0.4, 0.5) is 0 Å². The second-order valence-corrected chi connectivity index (χ2v) is 5.62. The first-order valence-electron chi connectivity index (χ1n) is 7.31. The van der Waals surface area contributed by atoms with Gasteiger partial charge in [-0.1, -0.05) is 12.1 Å². The standard InChI is InChI=1S/C19H14N4O/c1-11-15-7-13(10-21)8-16(14-5-3-12(9-20)4-6-14)18(15)23(2)17(11)19(22)24/h3-8H,1-2H3,(H2,22,24). The summed E-state index contributed by atoms with van der Waals surface area (Å²) in [6.45, 7) is 1.83. The van der Waals surface area contributed by atoms with Crippen LogP contribution in [0.1, 0.15) is 27.2 Å². The number of hydrogen-bond acceptors (Lipinski definition) is 3. The van der Waals surface area contributed by atoms with E-state index >= 15 is 0 Å². The predicted molar refractivity (Wildman–Crippen MR) is 91.0 cm³/mol. The van der Waals surface area contributed by atoms with Gasteiger partial charge in [0.2, 0.25) is 0 Å². The normalized spacial score (nSPS) is 10.3. The Hall–Kier alpha value is -3.57. The Bertz CT molecular complexity index is 1060. The Morgan fingerprint density at radius 2 is 1.71 bits per heavy atom. The lowest BCUT2D eigenvalue weighted by Gasteiger charge is -2.08. The molecule has 3 rings (SSSR count). The predicted octanol–water partition coefficient (Wildman–Crippen LogP) is 3.00. The summed E-state index contributed by atoms with van der Waals surface area (Å²) in [5, 5.41) is 19.1. The highest BCUT2D eigenvalue weighted by molar-refractivity contribution is 6.05. The van der Waals surface area contributed by atoms with E-state index in [4.69, 9.17) is 11.0 Å². The van der Waals surface area contributed by atoms with Crippen LogP contribution >= 0.6 is 0 Å². The number of carbonyl (C=O) groups is 1. The van der Waals surface area contributed by atoms with Gasteiger partial charge in [0.15, 0.2) is 0 Å². The molecule has 24 heavy (non-hydrogen) atoms. The van der Waals surface area contributed by atoms with E-state index in [-0.39, 0.29) is 0 Å². The Balaban J connectivity index is 2.42. The van der Waals surface area contributed by atoms with Gasteiger partial charge in [-0.15, -0.1) is 0 Å². The van der Waals surface area contributed by atoms with Gasteiger partial charge in [-0.2, -0.15) is 10.5 Å². The molecule has 0 aliphatic heterocycles. The number of nitriles is 2. The molecule has 0 fully saturated rings. The van der Waals surface area contributed by atoms with Gasteiger partial charge in [0.05, 0.1) is 28.8 Å². The fourth-order valence-corrected chi connectivity index (χ4v) is 3.13. The van der Waals surface area contributed by atoms with Crippen molar-refractivity contribution >= 4 is 16.8 Å². The number of aryl methyl sites for hydroxylation is 2. The molecule has 0 saturated heterocycles. The molecule has 1 heterocycles. The highest BCUT2D eigenvalue weighted by Crippen LogP contribution is 2.34. The molecule has 116 valence electrons. The number of amides is 1. The largest absolute Gasteiger partial charge is 0.364 e. The van der Waals surface area contributed by atoms with Gasteiger partial charge in [0.1, 0.15) is 5.69 Å². The van der Waals surface area contributed by atoms with Gasteiger partial charge in [-0.3, -0.25) is 4.79 Å². The molecule has 3 aromatic rings. The van der Waals surface area contributed by atoms with E-state index in [1.54, 1.807) is 35.9 Å². The molecule has 1 aromatic heterocycles. The van der Waals surface area contributed by atoms with E-state index in [1.807, 2.05) is 19.1 Å². The van der Waals surface area contributed by atoms with Crippen LogP contribution in [0, 0.1) is 29.6 Å². The van der Waals surface area contributed by atoms with Crippen molar-refractivity contribution in [3.8, 4) is 23.3 Å². The first-order chi connectivity index (χ1) is 11.5. The van der Waals surface area contributed by atoms with E-state index in [1.165, 1.54) is 0 Å². The summed E-state index contributed by atoms with van der Waals surface area (Å²) in [5.74, 6) is -0.504. The minimum atomic E-state index is -0.504. The highest BCUT2D eigenvalue weighted by atomic mass is 16.1. The van der Waals surface area contributed by atoms with E-state index in [0.717, 1.165) is 27.6 Å². The van der Waals surface area contributed by atoms with Crippen LogP contribution in [-0.2, 0) is 7.05 Å². The summed E-state index contributed by atoms with van der Waals surface area (Å²) in [5.41, 5.74) is 10.3. The summed E-state index contributed by atoms with van der Waals surface area (Å²) in [6, 6.07) is 14.9. The molecule has 0 aliphatic rings. The maximum Gasteiger partial charge on any atom is 0.265 e. The van der Waals surface area contributed by atoms with E-state index in [9.17, 15) is 10.1 Å². The highest BCUT2D eigenvalue weighted by Gasteiger charge is 2.20. The van der Waals surface area contributed by atoms with Gasteiger partial charge in [0, 0.05) is 18.0 Å². The van der Waals surface area contributed by atoms with E-state index in [2.05, 4.69) is 12.1 Å². The summed E-state index contributed by atoms with van der Waals surface area (Å²) < 4.78 is 1.77. The second-order valence-electron chi connectivity index (χ2n) is 5.62. The molecule has 0 spiro atoms. The number of hydrogen-bond donors (Lipinski definition) is 1. The molecule has 0 aliphatic carbocycles. The summed E-state index contributed by atoms with van der Waals surface area (Å²) in [4.78, 5) is 11.8. The summed E-state index contributed by atoms with van der Waals surface area (Å²) >= 11 is 0. The number of nitrogens with two attached hydrogens (primary N) is 1. The van der Waals surface area contributed by atoms with Crippen molar-refractivity contribution in [1.29, 1.82) is 10.5 Å². The minimum absolute atomic E-state index is 0.426. The first kappa shape index (κ1) is 15.3. The number of rotatable bonds is 2. The van der Waals surface area contributed by atoms with Crippen LogP contribution in [0.3, 0.4) is 0 Å². The second kappa shape index (κ2) is 5.57. The van der Waals surface area contributed by atoms with Gasteiger partial charge in [-0.25, -0.2) is 0 Å². The van der Waals surface area contributed by atoms with Crippen molar-refractivity contribution in [1.82, 2.24) is 4.57 Å². The molecule has 0 atom stereocenters. The average Bonchev–Trinajstić information content (AvgIpc) is 2.85. The molecule has 5 nitrogen and oxygen atoms in total. The van der Waals surface area contributed by atoms with Gasteiger partial charge < -0.3 is 10.3 Å². The zero-order valence-electron chi connectivity index (χ0n) is 13.3. The maximum atomic E-state index is 11.8. The van der Waals surface area contributed by atoms with Crippen molar-refractivity contribution in [3.05, 3.63) is 58.8 Å². The Labute approximate surface area is 139 Å². The van der Waals surface area contributed by atoms with Crippen LogP contribution < -0.4 is 5.73 Å². The summed E-state index contributed by atoms with van der Waals surface area (Å²) in [7, 11) is 1.79. The molecule has 0 radical (unpaired) electrons. The van der Waals surface area contributed by atoms with Crippen molar-refractivity contribution in [2.45, 2.75) is 6.92 Å². The molecule has 1 amide bonds. The molecule has 0 unspecified atom stereocenters. The molecule has 2 aromatic carbocycles. The van der Waals surface area contributed by atoms with E-state index in [0.29, 0.717) is 16.8 Å². The molecular formula is C19H14N4O. The zero-order valence-corrected chi connectivity index (χ0v) is 13.3. The Morgan fingerprint density at radius 1 is 1.08 bits per heavy atom. The van der Waals surface area contributed by atoms with Gasteiger partial charge in [0.25, 0.3) is 5.91 Å². The quantitative estimate of drug-likeness (QED) is 0.787. The Morgan fingerprint density at radius 3 is 2.25 bits per heavy atom. The lowest BCUT2D eigenvalue weighted by molar-refractivity contribution is 0.0992. The molecular weight excluding hydrogens is 300 g/mol. The zero-order chi connectivity index (χ0) is 17.4. The number of benzene rings is 2. The van der Waals surface area contributed by atoms with Crippen molar-refractivity contribution < 1.29 is 4.79 Å². The minimum Gasteiger partial charge on any atom is -0.364 e. The van der Waals surface area contributed by atoms with Crippen molar-refractivity contribution in [2.24, 2.45) is 12.8 Å². The average molecular weight is 314 g/mol. The topological polar surface area (TPSA) is 95.6 Å². The SMILES string of the molecule is Cc1c(C(N)=O)n(C)c2c(-c3ccc(C#N)cc3)cc(C#N)cc12. The number of fused-ring (bicyclic) bond motifs is 1. The molecule has 0 bridgehead atoms. The summed E-state index contributed by atoms with van der Waals surface area (Å²) in [6.07, 6.45) is 0. The van der Waals surface area contributed by atoms with Crippen LogP contribution in [0.5, 0.6) is 0 Å². The van der Waals surface area contributed by atoms with Gasteiger partial charge in [-0.05, 0) is 42.3 Å². The fourth-order valence-electron chi connectivity index (χ4n) is 3.13. The van der Waals surface area contributed by atoms with Crippen molar-refractivity contribution in [3.63, 3.8) is 0 Å². The molecule has 5 heteroatoms. The maximum absolute atomic E-state index is 11.8. The number of carbonyl (C=O) groups excluding carboxylic acids is 1. The number of nitrogens with zero attached hydrogens (tertiary/aromatic N) is 3. The smallest absolute Gasteiger partial charge is 0.265 e. The van der Waals surface area contributed by atoms with Crippen LogP contribution in [0.15, 0.2) is 36.4 Å². The first-order valence-corrected chi connectivity index (χ1v) is 7.31. The molecule has 0 saturated carbocycles. The third-order valence-electron chi connectivity index (χ3n) is 4.23. The van der Waals surface area contributed by atoms with Crippen molar-refractivity contribution in [2.75, 3.05) is 0 Å². The molecule has 2 N–H and O–H groups in total. The van der Waals surface area contributed by atoms with Crippen LogP contribution in [-0.4, -0.2) is 10.5 Å². The third-order valence-corrected chi connectivity index (χ3v) is 4.23. The number of aromatic nitrogens is 1. The monoisotopic (exact) mass is 314 g/mol. The Kier molecular flexibility index (Phi) is 3.56. The fraction of sp³-hybridized carbons (Fsp3) is 0.105.